The quantitative estimate of drug-likeness (QED) is 0.662. The van der Waals surface area contributed by atoms with E-state index in [2.05, 4.69) is 31.3 Å². The van der Waals surface area contributed by atoms with Crippen LogP contribution in [0, 0.1) is 18.7 Å². The molecule has 3 N–H and O–H groups in total. The summed E-state index contributed by atoms with van der Waals surface area (Å²) >= 11 is 0. The van der Waals surface area contributed by atoms with Crippen LogP contribution in [0.3, 0.4) is 0 Å². The fourth-order valence-electron chi connectivity index (χ4n) is 3.99. The number of nitrogens with one attached hydrogen (secondary N) is 1. The molecule has 0 spiro atoms. The Bertz CT molecular complexity index is 489. The van der Waals surface area contributed by atoms with Gasteiger partial charge in [-0.1, -0.05) is 25.8 Å². The van der Waals surface area contributed by atoms with Gasteiger partial charge in [0.15, 0.2) is 0 Å². The monoisotopic (exact) mass is 293 g/mol. The van der Waals surface area contributed by atoms with Gasteiger partial charge in [0.25, 0.3) is 0 Å². The maximum Gasteiger partial charge on any atom is 0.123 e. The lowest BCUT2D eigenvalue weighted by atomic mass is 9.69. The maximum atomic E-state index is 13.4. The Morgan fingerprint density at radius 1 is 1.43 bits per heavy atom. The lowest BCUT2D eigenvalue weighted by Gasteiger charge is -2.50. The minimum atomic E-state index is -0.192. The number of nitrogens with two attached hydrogens (primary N) is 1. The van der Waals surface area contributed by atoms with Crippen LogP contribution in [0.15, 0.2) is 18.2 Å². The molecule has 0 bridgehead atoms. The van der Waals surface area contributed by atoms with Crippen LogP contribution in [0.25, 0.3) is 0 Å². The zero-order chi connectivity index (χ0) is 15.6. The first kappa shape index (κ1) is 16.4. The summed E-state index contributed by atoms with van der Waals surface area (Å²) in [6.07, 6.45) is 4.69. The summed E-state index contributed by atoms with van der Waals surface area (Å²) in [5, 5.41) is 0. The highest BCUT2D eigenvalue weighted by Gasteiger charge is 2.44. The smallest absolute Gasteiger partial charge is 0.123 e. The molecule has 1 aliphatic rings. The van der Waals surface area contributed by atoms with Crippen molar-refractivity contribution in [2.45, 2.75) is 51.1 Å². The number of hydrazine groups is 1. The van der Waals surface area contributed by atoms with Crippen molar-refractivity contribution in [3.63, 3.8) is 0 Å². The van der Waals surface area contributed by atoms with E-state index in [9.17, 15) is 4.39 Å². The summed E-state index contributed by atoms with van der Waals surface area (Å²) in [6.45, 7) is 4.26. The largest absolute Gasteiger partial charge is 0.302 e. The van der Waals surface area contributed by atoms with Crippen LogP contribution in [0.5, 0.6) is 0 Å². The maximum absolute atomic E-state index is 13.4. The van der Waals surface area contributed by atoms with Gasteiger partial charge in [-0.25, -0.2) is 4.39 Å². The molecule has 0 saturated heterocycles. The van der Waals surface area contributed by atoms with E-state index in [1.165, 1.54) is 18.9 Å². The molecule has 0 heterocycles. The molecule has 118 valence electrons. The van der Waals surface area contributed by atoms with Crippen molar-refractivity contribution in [3.05, 3.63) is 35.1 Å². The van der Waals surface area contributed by atoms with Crippen LogP contribution >= 0.6 is 0 Å². The average molecular weight is 293 g/mol. The van der Waals surface area contributed by atoms with Crippen molar-refractivity contribution in [2.24, 2.45) is 11.8 Å². The Morgan fingerprint density at radius 2 is 2.14 bits per heavy atom. The van der Waals surface area contributed by atoms with Gasteiger partial charge in [-0.15, -0.1) is 0 Å². The minimum Gasteiger partial charge on any atom is -0.302 e. The van der Waals surface area contributed by atoms with Crippen LogP contribution in [-0.2, 0) is 0 Å². The summed E-state index contributed by atoms with van der Waals surface area (Å²) in [5.41, 5.74) is 5.06. The van der Waals surface area contributed by atoms with Crippen LogP contribution in [0.1, 0.15) is 49.8 Å². The Kier molecular flexibility index (Phi) is 5.02. The van der Waals surface area contributed by atoms with Gasteiger partial charge in [-0.3, -0.25) is 11.3 Å². The third-order valence-electron chi connectivity index (χ3n) is 5.15. The molecule has 2 rings (SSSR count). The van der Waals surface area contributed by atoms with Crippen LogP contribution in [-0.4, -0.2) is 24.5 Å². The van der Waals surface area contributed by atoms with Crippen LogP contribution in [0.2, 0.25) is 0 Å². The fraction of sp³-hybridized carbons (Fsp3) is 0.647. The zero-order valence-corrected chi connectivity index (χ0v) is 13.6. The number of likely N-dealkylation sites (N-methyl/N-ethyl adjacent to an activating group) is 1. The summed E-state index contributed by atoms with van der Waals surface area (Å²) in [5.74, 6) is 6.43. The number of benzene rings is 1. The molecule has 4 heteroatoms. The first-order chi connectivity index (χ1) is 9.90. The fourth-order valence-corrected chi connectivity index (χ4v) is 3.99. The molecule has 1 aliphatic carbocycles. The van der Waals surface area contributed by atoms with Gasteiger partial charge >= 0.3 is 0 Å². The first-order valence-corrected chi connectivity index (χ1v) is 7.80. The van der Waals surface area contributed by atoms with Crippen molar-refractivity contribution < 1.29 is 4.39 Å². The van der Waals surface area contributed by atoms with Crippen LogP contribution < -0.4 is 11.3 Å². The second-order valence-electron chi connectivity index (χ2n) is 6.80. The SMILES string of the molecule is Cc1cc(F)ccc1C(NN)C1(N(C)C)CCCC(C)C1. The topological polar surface area (TPSA) is 41.3 Å². The van der Waals surface area contributed by atoms with E-state index in [1.54, 1.807) is 6.07 Å². The summed E-state index contributed by atoms with van der Waals surface area (Å²) in [6, 6.07) is 5.01. The van der Waals surface area contributed by atoms with Crippen molar-refractivity contribution in [1.29, 1.82) is 0 Å². The number of hydrogen-bond donors (Lipinski definition) is 2. The summed E-state index contributed by atoms with van der Waals surface area (Å²) in [4.78, 5) is 2.30. The van der Waals surface area contributed by atoms with E-state index in [0.29, 0.717) is 5.92 Å². The standard InChI is InChI=1S/C17H28FN3/c1-12-6-5-9-17(11-12,21(3)4)16(20-19)15-8-7-14(18)10-13(15)2/h7-8,10,12,16,20H,5-6,9,11,19H2,1-4H3. The van der Waals surface area contributed by atoms with Gasteiger partial charge in [0, 0.05) is 5.54 Å². The normalized spacial score (nSPS) is 27.9. The number of nitrogens with zero attached hydrogens (tertiary/aromatic N) is 1. The van der Waals surface area contributed by atoms with E-state index in [-0.39, 0.29) is 17.4 Å². The minimum absolute atomic E-state index is 0.0100. The molecule has 0 aliphatic heterocycles. The van der Waals surface area contributed by atoms with E-state index < -0.39 is 0 Å². The lowest BCUT2D eigenvalue weighted by Crippen LogP contribution is -2.57. The molecule has 0 radical (unpaired) electrons. The third kappa shape index (κ3) is 3.12. The number of rotatable bonds is 4. The highest BCUT2D eigenvalue weighted by atomic mass is 19.1. The zero-order valence-electron chi connectivity index (χ0n) is 13.6. The highest BCUT2D eigenvalue weighted by molar-refractivity contribution is 5.32. The Balaban J connectivity index is 2.45. The molecule has 1 fully saturated rings. The van der Waals surface area contributed by atoms with Gasteiger partial charge in [0.1, 0.15) is 5.82 Å². The molecule has 1 saturated carbocycles. The van der Waals surface area contributed by atoms with Crippen LogP contribution in [0.4, 0.5) is 4.39 Å². The number of halogens is 1. The highest BCUT2D eigenvalue weighted by Crippen LogP contribution is 2.44. The number of hydrogen-bond acceptors (Lipinski definition) is 3. The van der Waals surface area contributed by atoms with E-state index in [0.717, 1.165) is 24.0 Å². The Hall–Kier alpha value is -0.970. The second kappa shape index (κ2) is 6.42. The molecular weight excluding hydrogens is 265 g/mol. The van der Waals surface area contributed by atoms with Gasteiger partial charge in [0.2, 0.25) is 0 Å². The molecule has 0 aromatic heterocycles. The lowest BCUT2D eigenvalue weighted by molar-refractivity contribution is 0.0364. The Labute approximate surface area is 127 Å². The Morgan fingerprint density at radius 3 is 2.67 bits per heavy atom. The third-order valence-corrected chi connectivity index (χ3v) is 5.15. The van der Waals surface area contributed by atoms with Crippen molar-refractivity contribution in [2.75, 3.05) is 14.1 Å². The van der Waals surface area contributed by atoms with Crippen molar-refractivity contribution >= 4 is 0 Å². The van der Waals surface area contributed by atoms with E-state index >= 15 is 0 Å². The molecule has 1 aromatic rings. The molecule has 3 unspecified atom stereocenters. The predicted molar refractivity (Wildman–Crippen MR) is 85.3 cm³/mol. The van der Waals surface area contributed by atoms with E-state index in [1.807, 2.05) is 13.0 Å². The van der Waals surface area contributed by atoms with Gasteiger partial charge in [0.05, 0.1) is 6.04 Å². The van der Waals surface area contributed by atoms with Crippen molar-refractivity contribution in [3.8, 4) is 0 Å². The van der Waals surface area contributed by atoms with Gasteiger partial charge < -0.3 is 4.90 Å². The summed E-state index contributed by atoms with van der Waals surface area (Å²) < 4.78 is 13.4. The molecule has 3 nitrogen and oxygen atoms in total. The molecular formula is C17H28FN3. The second-order valence-corrected chi connectivity index (χ2v) is 6.80. The molecule has 21 heavy (non-hydrogen) atoms. The van der Waals surface area contributed by atoms with Gasteiger partial charge in [-0.05, 0) is 63.0 Å². The first-order valence-electron chi connectivity index (χ1n) is 7.80. The molecule has 3 atom stereocenters. The summed E-state index contributed by atoms with van der Waals surface area (Å²) in [7, 11) is 4.25. The van der Waals surface area contributed by atoms with E-state index in [4.69, 9.17) is 5.84 Å². The average Bonchev–Trinajstić information content (AvgIpc) is 2.41. The van der Waals surface area contributed by atoms with Crippen molar-refractivity contribution in [1.82, 2.24) is 10.3 Å². The number of aryl methyl sites for hydroxylation is 1. The molecule has 1 aromatic carbocycles. The van der Waals surface area contributed by atoms with Gasteiger partial charge in [-0.2, -0.15) is 0 Å². The molecule has 0 amide bonds. The predicted octanol–water partition coefficient (Wildman–Crippen LogP) is 3.15.